The first kappa shape index (κ1) is 14.4. The van der Waals surface area contributed by atoms with Crippen LogP contribution in [0, 0.1) is 6.92 Å². The molecule has 0 radical (unpaired) electrons. The molecule has 5 heteroatoms. The number of aliphatic imine (C=N–C) groups is 1. The molecule has 4 nitrogen and oxygen atoms in total. The first-order chi connectivity index (χ1) is 9.56. The average molecular weight is 285 g/mol. The Morgan fingerprint density at radius 2 is 1.95 bits per heavy atom. The summed E-state index contributed by atoms with van der Waals surface area (Å²) in [5.41, 5.74) is 3.36. The zero-order valence-corrected chi connectivity index (χ0v) is 13.4. The second kappa shape index (κ2) is 6.43. The maximum atomic E-state index is 5.90. The van der Waals surface area contributed by atoms with Gasteiger partial charge in [-0.2, -0.15) is 0 Å². The van der Waals surface area contributed by atoms with Gasteiger partial charge in [-0.15, -0.1) is 0 Å². The highest BCUT2D eigenvalue weighted by Gasteiger charge is 2.06. The van der Waals surface area contributed by atoms with Gasteiger partial charge >= 0.3 is 0 Å². The van der Waals surface area contributed by atoms with Gasteiger partial charge in [0.1, 0.15) is 17.1 Å². The maximum Gasteiger partial charge on any atom is 0.229 e. The SMILES string of the molecule is CC(=Nc1ccccc1O[SiH](C)C)c1cncc(C)n1. The number of hydrogen-bond donors (Lipinski definition) is 0. The molecule has 0 fully saturated rings. The van der Waals surface area contributed by atoms with Gasteiger partial charge in [0.2, 0.25) is 9.04 Å². The Kier molecular flexibility index (Phi) is 4.63. The van der Waals surface area contributed by atoms with Crippen LogP contribution in [-0.2, 0) is 0 Å². The summed E-state index contributed by atoms with van der Waals surface area (Å²) in [6.07, 6.45) is 3.46. The van der Waals surface area contributed by atoms with Crippen LogP contribution in [0.3, 0.4) is 0 Å². The zero-order valence-electron chi connectivity index (χ0n) is 12.3. The molecule has 20 heavy (non-hydrogen) atoms. The molecule has 0 spiro atoms. The predicted octanol–water partition coefficient (Wildman–Crippen LogP) is 3.29. The van der Waals surface area contributed by atoms with Crippen LogP contribution in [0.5, 0.6) is 5.75 Å². The van der Waals surface area contributed by atoms with Crippen LogP contribution in [0.25, 0.3) is 0 Å². The predicted molar refractivity (Wildman–Crippen MR) is 84.6 cm³/mol. The molecular formula is C15H19N3OSi. The topological polar surface area (TPSA) is 47.4 Å². The fourth-order valence-corrected chi connectivity index (χ4v) is 2.49. The number of benzene rings is 1. The summed E-state index contributed by atoms with van der Waals surface area (Å²) >= 11 is 0. The number of aromatic nitrogens is 2. The summed E-state index contributed by atoms with van der Waals surface area (Å²) in [5, 5.41) is 0. The molecule has 1 heterocycles. The van der Waals surface area contributed by atoms with Crippen LogP contribution >= 0.6 is 0 Å². The fourth-order valence-electron chi connectivity index (χ4n) is 1.78. The highest BCUT2D eigenvalue weighted by atomic mass is 28.3. The fraction of sp³-hybridized carbons (Fsp3) is 0.267. The number of rotatable bonds is 4. The zero-order chi connectivity index (χ0) is 14.5. The Bertz CT molecular complexity index is 626. The van der Waals surface area contributed by atoms with Crippen molar-refractivity contribution in [3.05, 3.63) is 48.0 Å². The van der Waals surface area contributed by atoms with Crippen molar-refractivity contribution >= 4 is 20.4 Å². The molecule has 1 aromatic carbocycles. The minimum absolute atomic E-state index is 0.793. The van der Waals surface area contributed by atoms with Crippen molar-refractivity contribution in [1.29, 1.82) is 0 Å². The molecule has 0 saturated heterocycles. The Hall–Kier alpha value is -2.01. The number of hydrogen-bond acceptors (Lipinski definition) is 4. The van der Waals surface area contributed by atoms with Crippen LogP contribution in [-0.4, -0.2) is 24.7 Å². The normalized spacial score (nSPS) is 11.8. The minimum atomic E-state index is -1.15. The van der Waals surface area contributed by atoms with Crippen molar-refractivity contribution in [3.8, 4) is 5.75 Å². The van der Waals surface area contributed by atoms with Crippen molar-refractivity contribution in [3.63, 3.8) is 0 Å². The van der Waals surface area contributed by atoms with Gasteiger partial charge in [0.15, 0.2) is 0 Å². The molecule has 104 valence electrons. The van der Waals surface area contributed by atoms with Gasteiger partial charge in [-0.05, 0) is 39.1 Å². The van der Waals surface area contributed by atoms with E-state index in [2.05, 4.69) is 28.1 Å². The van der Waals surface area contributed by atoms with E-state index in [0.29, 0.717) is 0 Å². The van der Waals surface area contributed by atoms with Gasteiger partial charge in [0.05, 0.1) is 17.6 Å². The smallest absolute Gasteiger partial charge is 0.229 e. The summed E-state index contributed by atoms with van der Waals surface area (Å²) in [7, 11) is -1.15. The van der Waals surface area contributed by atoms with Crippen molar-refractivity contribution in [2.24, 2.45) is 4.99 Å². The van der Waals surface area contributed by atoms with E-state index in [4.69, 9.17) is 4.43 Å². The Balaban J connectivity index is 2.35. The molecule has 0 aliphatic heterocycles. The van der Waals surface area contributed by atoms with Gasteiger partial charge in [0.25, 0.3) is 0 Å². The van der Waals surface area contributed by atoms with Gasteiger partial charge < -0.3 is 4.43 Å². The van der Waals surface area contributed by atoms with Gasteiger partial charge in [-0.3, -0.25) is 4.98 Å². The first-order valence-electron chi connectivity index (χ1n) is 6.66. The lowest BCUT2D eigenvalue weighted by molar-refractivity contribution is 0.582. The maximum absolute atomic E-state index is 5.90. The van der Waals surface area contributed by atoms with E-state index in [-0.39, 0.29) is 0 Å². The summed E-state index contributed by atoms with van der Waals surface area (Å²) in [6, 6.07) is 7.84. The Labute approximate surface area is 121 Å². The second-order valence-electron chi connectivity index (χ2n) is 4.88. The largest absolute Gasteiger partial charge is 0.546 e. The van der Waals surface area contributed by atoms with E-state index in [0.717, 1.165) is 28.5 Å². The third kappa shape index (κ3) is 3.74. The molecule has 0 amide bonds. The van der Waals surface area contributed by atoms with Gasteiger partial charge in [0, 0.05) is 6.20 Å². The summed E-state index contributed by atoms with van der Waals surface area (Å²) in [6.45, 7) is 8.14. The van der Waals surface area contributed by atoms with Crippen molar-refractivity contribution in [2.45, 2.75) is 26.9 Å². The monoisotopic (exact) mass is 285 g/mol. The highest BCUT2D eigenvalue weighted by Crippen LogP contribution is 2.28. The molecular weight excluding hydrogens is 266 g/mol. The van der Waals surface area contributed by atoms with Crippen LogP contribution in [0.4, 0.5) is 5.69 Å². The van der Waals surface area contributed by atoms with E-state index < -0.39 is 9.04 Å². The lowest BCUT2D eigenvalue weighted by Crippen LogP contribution is -2.11. The van der Waals surface area contributed by atoms with E-state index in [1.165, 1.54) is 0 Å². The van der Waals surface area contributed by atoms with Crippen LogP contribution in [0.15, 0.2) is 41.7 Å². The number of para-hydroxylation sites is 2. The van der Waals surface area contributed by atoms with E-state index in [1.54, 1.807) is 12.4 Å². The van der Waals surface area contributed by atoms with Crippen LogP contribution < -0.4 is 4.43 Å². The molecule has 2 rings (SSSR count). The van der Waals surface area contributed by atoms with E-state index in [9.17, 15) is 0 Å². The molecule has 0 aliphatic carbocycles. The lowest BCUT2D eigenvalue weighted by Gasteiger charge is -2.12. The number of nitrogens with zero attached hydrogens (tertiary/aromatic N) is 3. The molecule has 0 N–H and O–H groups in total. The summed E-state index contributed by atoms with van der Waals surface area (Å²) in [5.74, 6) is 0.842. The summed E-state index contributed by atoms with van der Waals surface area (Å²) in [4.78, 5) is 13.2. The molecule has 0 unspecified atom stereocenters. The van der Waals surface area contributed by atoms with Gasteiger partial charge in [-0.1, -0.05) is 12.1 Å². The van der Waals surface area contributed by atoms with Crippen LogP contribution in [0.1, 0.15) is 18.3 Å². The number of aryl methyl sites for hydroxylation is 1. The van der Waals surface area contributed by atoms with Crippen molar-refractivity contribution in [1.82, 2.24) is 9.97 Å². The highest BCUT2D eigenvalue weighted by molar-refractivity contribution is 6.49. The van der Waals surface area contributed by atoms with E-state index in [1.807, 2.05) is 38.1 Å². The molecule has 0 atom stereocenters. The van der Waals surface area contributed by atoms with E-state index >= 15 is 0 Å². The first-order valence-corrected chi connectivity index (χ1v) is 9.44. The molecule has 0 aliphatic rings. The average Bonchev–Trinajstić information content (AvgIpc) is 2.40. The minimum Gasteiger partial charge on any atom is -0.546 e. The Morgan fingerprint density at radius 3 is 2.65 bits per heavy atom. The standard InChI is InChI=1S/C15H19N3OSi/c1-11-9-16-10-14(17-11)12(2)18-13-7-5-6-8-15(13)19-20(3)4/h5-10,20H,1-4H3. The quantitative estimate of drug-likeness (QED) is 0.639. The van der Waals surface area contributed by atoms with Gasteiger partial charge in [-0.25, -0.2) is 9.98 Å². The second-order valence-corrected chi connectivity index (χ2v) is 7.21. The van der Waals surface area contributed by atoms with Crippen molar-refractivity contribution in [2.75, 3.05) is 0 Å². The third-order valence-electron chi connectivity index (χ3n) is 2.64. The van der Waals surface area contributed by atoms with Crippen LogP contribution in [0.2, 0.25) is 13.1 Å². The molecule has 0 saturated carbocycles. The molecule has 0 bridgehead atoms. The summed E-state index contributed by atoms with van der Waals surface area (Å²) < 4.78 is 5.90. The molecule has 2 aromatic rings. The lowest BCUT2D eigenvalue weighted by atomic mass is 10.2. The molecule has 1 aromatic heterocycles. The third-order valence-corrected chi connectivity index (χ3v) is 3.37. The van der Waals surface area contributed by atoms with Crippen molar-refractivity contribution < 1.29 is 4.43 Å². The Morgan fingerprint density at radius 1 is 1.20 bits per heavy atom.